The minimum absolute atomic E-state index is 0.0243. The Balaban J connectivity index is 0.000000190. The molecular formula is C24H31BrN2O4. The van der Waals surface area contributed by atoms with Crippen LogP contribution in [0.1, 0.15) is 46.4 Å². The summed E-state index contributed by atoms with van der Waals surface area (Å²) in [7, 11) is 7.68. The number of nitrogens with zero attached hydrogens (tertiary/aromatic N) is 2. The number of aromatic hydroxyl groups is 1. The van der Waals surface area contributed by atoms with E-state index in [-0.39, 0.29) is 5.75 Å². The predicted molar refractivity (Wildman–Crippen MR) is 130 cm³/mol. The number of benzene rings is 2. The van der Waals surface area contributed by atoms with Crippen LogP contribution >= 0.6 is 15.9 Å². The maximum atomic E-state index is 10.8. The molecule has 168 valence electrons. The summed E-state index contributed by atoms with van der Waals surface area (Å²) < 4.78 is 5.68. The van der Waals surface area contributed by atoms with Gasteiger partial charge in [0.2, 0.25) is 0 Å². The number of ether oxygens (including phenoxy) is 1. The first kappa shape index (κ1) is 24.7. The van der Waals surface area contributed by atoms with Crippen molar-refractivity contribution in [2.75, 3.05) is 38.0 Å². The highest BCUT2D eigenvalue weighted by molar-refractivity contribution is 9.09. The van der Waals surface area contributed by atoms with Crippen LogP contribution in [0, 0.1) is 0 Å². The van der Waals surface area contributed by atoms with Gasteiger partial charge in [0.05, 0.1) is 17.2 Å². The summed E-state index contributed by atoms with van der Waals surface area (Å²) in [4.78, 5) is 25.9. The van der Waals surface area contributed by atoms with Gasteiger partial charge in [-0.3, -0.25) is 9.59 Å². The van der Waals surface area contributed by atoms with E-state index in [9.17, 15) is 14.7 Å². The fraction of sp³-hybridized carbons (Fsp3) is 0.417. The molecule has 2 aliphatic carbocycles. The Bertz CT molecular complexity index is 878. The number of carbonyl (C=O) groups excluding carboxylic acids is 2. The Morgan fingerprint density at radius 2 is 1.35 bits per heavy atom. The van der Waals surface area contributed by atoms with Crippen LogP contribution in [-0.2, 0) is 0 Å². The minimum Gasteiger partial charge on any atom is -0.507 e. The molecule has 6 nitrogen and oxygen atoms in total. The summed E-state index contributed by atoms with van der Waals surface area (Å²) in [6.07, 6.45) is 6.81. The molecule has 0 radical (unpaired) electrons. The molecule has 0 aliphatic heterocycles. The molecule has 31 heavy (non-hydrogen) atoms. The molecule has 4 rings (SSSR count). The molecule has 0 amide bonds. The molecule has 7 heteroatoms. The van der Waals surface area contributed by atoms with E-state index in [4.69, 9.17) is 4.74 Å². The number of rotatable bonds is 6. The molecule has 0 bridgehead atoms. The monoisotopic (exact) mass is 490 g/mol. The second kappa shape index (κ2) is 11.7. The first-order valence-electron chi connectivity index (χ1n) is 10.3. The number of alkyl halides is 1. The van der Waals surface area contributed by atoms with E-state index in [1.807, 2.05) is 50.1 Å². The number of carbonyl (C=O) groups is 2. The van der Waals surface area contributed by atoms with Gasteiger partial charge >= 0.3 is 0 Å². The third kappa shape index (κ3) is 8.61. The topological polar surface area (TPSA) is 70.1 Å². The number of phenols is 1. The first-order chi connectivity index (χ1) is 14.7. The van der Waals surface area contributed by atoms with Crippen molar-refractivity contribution in [1.29, 1.82) is 0 Å². The number of aldehydes is 2. The Hall–Kier alpha value is -2.54. The van der Waals surface area contributed by atoms with Crippen LogP contribution in [0.5, 0.6) is 11.5 Å². The van der Waals surface area contributed by atoms with Gasteiger partial charge in [0.15, 0.2) is 12.6 Å². The van der Waals surface area contributed by atoms with Crippen molar-refractivity contribution in [3.05, 3.63) is 47.5 Å². The number of phenolic OH excluding ortho intramolecular Hbond substituents is 1. The predicted octanol–water partition coefficient (Wildman–Crippen LogP) is 4.92. The summed E-state index contributed by atoms with van der Waals surface area (Å²) in [5.74, 6) is 0.731. The van der Waals surface area contributed by atoms with E-state index in [1.54, 1.807) is 24.3 Å². The van der Waals surface area contributed by atoms with E-state index in [0.29, 0.717) is 29.3 Å². The van der Waals surface area contributed by atoms with Crippen LogP contribution in [-0.4, -0.2) is 56.8 Å². The van der Waals surface area contributed by atoms with Crippen molar-refractivity contribution in [3.63, 3.8) is 0 Å². The molecule has 0 spiro atoms. The molecule has 1 N–H and O–H groups in total. The highest BCUT2D eigenvalue weighted by atomic mass is 79.9. The van der Waals surface area contributed by atoms with Crippen LogP contribution < -0.4 is 14.5 Å². The van der Waals surface area contributed by atoms with Gasteiger partial charge < -0.3 is 19.6 Å². The summed E-state index contributed by atoms with van der Waals surface area (Å²) >= 11 is 3.38. The highest BCUT2D eigenvalue weighted by Crippen LogP contribution is 2.31. The van der Waals surface area contributed by atoms with Crippen molar-refractivity contribution in [2.24, 2.45) is 0 Å². The standard InChI is InChI=1S/C12H15NO2.C9H11NO2.C3H5Br/c1-13(2)10-4-3-9(8-14)12(7-10)15-11-5-6-11;1-10(2)8-4-3-7(6-11)9(12)5-8;4-3-1-2-3/h3-4,7-8,11H,5-6H2,1-2H3;3-6,12H,1-2H3;3H,1-2H2. The maximum absolute atomic E-state index is 10.8. The van der Waals surface area contributed by atoms with Gasteiger partial charge in [0, 0.05) is 56.5 Å². The highest BCUT2D eigenvalue weighted by Gasteiger charge is 2.24. The molecule has 2 saturated carbocycles. The Morgan fingerprint density at radius 1 is 0.871 bits per heavy atom. The molecular weight excluding hydrogens is 460 g/mol. The van der Waals surface area contributed by atoms with E-state index >= 15 is 0 Å². The van der Waals surface area contributed by atoms with Gasteiger partial charge in [-0.15, -0.1) is 0 Å². The van der Waals surface area contributed by atoms with Crippen LogP contribution in [0.25, 0.3) is 0 Å². The van der Waals surface area contributed by atoms with Gasteiger partial charge in [-0.1, -0.05) is 15.9 Å². The summed E-state index contributed by atoms with van der Waals surface area (Å²) in [5.41, 5.74) is 2.88. The zero-order chi connectivity index (χ0) is 23.0. The van der Waals surface area contributed by atoms with E-state index in [0.717, 1.165) is 35.3 Å². The molecule has 0 aromatic heterocycles. The third-order valence-electron chi connectivity index (χ3n) is 4.62. The van der Waals surface area contributed by atoms with Crippen molar-refractivity contribution in [1.82, 2.24) is 0 Å². The lowest BCUT2D eigenvalue weighted by Crippen LogP contribution is -2.09. The van der Waals surface area contributed by atoms with Crippen molar-refractivity contribution in [2.45, 2.75) is 36.6 Å². The number of hydrogen-bond acceptors (Lipinski definition) is 6. The van der Waals surface area contributed by atoms with Crippen molar-refractivity contribution in [3.8, 4) is 11.5 Å². The first-order valence-corrected chi connectivity index (χ1v) is 11.2. The smallest absolute Gasteiger partial charge is 0.153 e. The van der Waals surface area contributed by atoms with Crippen molar-refractivity contribution < 1.29 is 19.4 Å². The van der Waals surface area contributed by atoms with E-state index < -0.39 is 0 Å². The molecule has 0 atom stereocenters. The average Bonchev–Trinajstić information content (AvgIpc) is 3.67. The summed E-state index contributed by atoms with van der Waals surface area (Å²) in [6, 6.07) is 10.6. The summed E-state index contributed by atoms with van der Waals surface area (Å²) in [6.45, 7) is 0. The van der Waals surface area contributed by atoms with Crippen LogP contribution in [0.2, 0.25) is 0 Å². The quantitative estimate of drug-likeness (QED) is 0.457. The normalized spacial score (nSPS) is 14.2. The van der Waals surface area contributed by atoms with Crippen LogP contribution in [0.3, 0.4) is 0 Å². The lowest BCUT2D eigenvalue weighted by atomic mass is 10.2. The van der Waals surface area contributed by atoms with Gasteiger partial charge in [-0.2, -0.15) is 0 Å². The molecule has 2 aromatic carbocycles. The summed E-state index contributed by atoms with van der Waals surface area (Å²) in [5, 5.41) is 9.28. The van der Waals surface area contributed by atoms with Gasteiger partial charge in [0.25, 0.3) is 0 Å². The SMILES string of the molecule is BrC1CC1.CN(C)c1ccc(C=O)c(O)c1.CN(C)c1ccc(C=O)c(OC2CC2)c1. The second-order valence-corrected chi connectivity index (χ2v) is 9.28. The zero-order valence-corrected chi connectivity index (χ0v) is 20.1. The van der Waals surface area contributed by atoms with Gasteiger partial charge in [-0.25, -0.2) is 0 Å². The molecule has 0 heterocycles. The molecule has 0 saturated heterocycles. The lowest BCUT2D eigenvalue weighted by Gasteiger charge is -2.15. The molecule has 0 unspecified atom stereocenters. The average molecular weight is 491 g/mol. The third-order valence-corrected chi connectivity index (χ3v) is 5.54. The Kier molecular flexibility index (Phi) is 9.37. The van der Waals surface area contributed by atoms with Crippen LogP contribution in [0.4, 0.5) is 11.4 Å². The number of hydrogen-bond donors (Lipinski definition) is 1. The molecule has 2 fully saturated rings. The van der Waals surface area contributed by atoms with Crippen LogP contribution in [0.15, 0.2) is 36.4 Å². The maximum Gasteiger partial charge on any atom is 0.153 e. The number of anilines is 2. The Labute approximate surface area is 192 Å². The Morgan fingerprint density at radius 3 is 1.74 bits per heavy atom. The molecule has 2 aromatic rings. The zero-order valence-electron chi connectivity index (χ0n) is 18.5. The second-order valence-electron chi connectivity index (χ2n) is 7.98. The van der Waals surface area contributed by atoms with E-state index in [1.165, 1.54) is 12.8 Å². The van der Waals surface area contributed by atoms with Gasteiger partial charge in [0.1, 0.15) is 11.5 Å². The van der Waals surface area contributed by atoms with E-state index in [2.05, 4.69) is 15.9 Å². The minimum atomic E-state index is 0.0243. The largest absolute Gasteiger partial charge is 0.507 e. The fourth-order valence-electron chi connectivity index (χ4n) is 2.34. The fourth-order valence-corrected chi connectivity index (χ4v) is 2.60. The lowest BCUT2D eigenvalue weighted by molar-refractivity contribution is 0.111. The molecule has 2 aliphatic rings. The van der Waals surface area contributed by atoms with Crippen molar-refractivity contribution >= 4 is 39.9 Å². The number of halogens is 1. The van der Waals surface area contributed by atoms with Gasteiger partial charge in [-0.05, 0) is 49.9 Å².